The molecule has 0 aliphatic carbocycles. The van der Waals surface area contributed by atoms with Gasteiger partial charge in [0.25, 0.3) is 0 Å². The van der Waals surface area contributed by atoms with Gasteiger partial charge in [-0.1, -0.05) is 44.7 Å². The summed E-state index contributed by atoms with van der Waals surface area (Å²) >= 11 is 7.48. The fraction of sp³-hybridized carbons (Fsp3) is 0.500. The highest BCUT2D eigenvalue weighted by Crippen LogP contribution is 2.16. The maximum atomic E-state index is 11.2. The average Bonchev–Trinajstić information content (AvgIpc) is 2.40. The standard InChI is InChI=1S/C14H21NO2S2/c1-2-3-4-5-6-7-12-8-10-13(11-9-12)17-14(16)15(18)19/h8-11,18-19H,2-7H2,1H3. The Bertz CT molecular complexity index is 380. The molecule has 0 heterocycles. The fourth-order valence-electron chi connectivity index (χ4n) is 1.80. The largest absolute Gasteiger partial charge is 0.435 e. The van der Waals surface area contributed by atoms with E-state index in [0.29, 0.717) is 5.75 Å². The van der Waals surface area contributed by atoms with Gasteiger partial charge in [-0.15, -0.1) is 0 Å². The first kappa shape index (κ1) is 16.2. The number of aryl methyl sites for hydroxylation is 1. The lowest BCUT2D eigenvalue weighted by Crippen LogP contribution is -2.16. The Morgan fingerprint density at radius 3 is 2.32 bits per heavy atom. The van der Waals surface area contributed by atoms with Crippen molar-refractivity contribution in [2.75, 3.05) is 0 Å². The molecular formula is C14H21NO2S2. The number of carbonyl (C=O) groups excluding carboxylic acids is 1. The van der Waals surface area contributed by atoms with Crippen molar-refractivity contribution in [3.8, 4) is 5.75 Å². The molecule has 0 saturated carbocycles. The maximum Gasteiger partial charge on any atom is 0.435 e. The molecule has 106 valence electrons. The van der Waals surface area contributed by atoms with Crippen LogP contribution in [0.5, 0.6) is 5.75 Å². The first-order valence-electron chi connectivity index (χ1n) is 6.62. The average molecular weight is 299 g/mol. The number of carbonyl (C=O) groups is 1. The maximum absolute atomic E-state index is 11.2. The topological polar surface area (TPSA) is 29.5 Å². The van der Waals surface area contributed by atoms with E-state index in [1.165, 1.54) is 37.7 Å². The van der Waals surface area contributed by atoms with Gasteiger partial charge >= 0.3 is 6.09 Å². The summed E-state index contributed by atoms with van der Waals surface area (Å²) in [5.74, 6) is 0.507. The van der Waals surface area contributed by atoms with Crippen molar-refractivity contribution >= 4 is 31.7 Å². The van der Waals surface area contributed by atoms with Gasteiger partial charge in [0.15, 0.2) is 0 Å². The Balaban J connectivity index is 2.33. The zero-order chi connectivity index (χ0) is 14.1. The molecule has 0 N–H and O–H groups in total. The Hall–Kier alpha value is -0.810. The third-order valence-electron chi connectivity index (χ3n) is 2.86. The van der Waals surface area contributed by atoms with Crippen LogP contribution in [0.25, 0.3) is 0 Å². The summed E-state index contributed by atoms with van der Waals surface area (Å²) < 4.78 is 5.83. The van der Waals surface area contributed by atoms with Gasteiger partial charge in [0.1, 0.15) is 5.75 Å². The lowest BCUT2D eigenvalue weighted by atomic mass is 10.1. The Morgan fingerprint density at radius 2 is 1.74 bits per heavy atom. The molecule has 3 nitrogen and oxygen atoms in total. The Kier molecular flexibility index (Phi) is 7.82. The summed E-state index contributed by atoms with van der Waals surface area (Å²) in [7, 11) is 0. The highest BCUT2D eigenvalue weighted by molar-refractivity contribution is 7.94. The van der Waals surface area contributed by atoms with Gasteiger partial charge in [-0.2, -0.15) is 3.71 Å². The summed E-state index contributed by atoms with van der Waals surface area (Å²) in [6.07, 6.45) is 6.85. The summed E-state index contributed by atoms with van der Waals surface area (Å²) in [5, 5.41) is 0. The molecule has 0 spiro atoms. The minimum atomic E-state index is -0.612. The van der Waals surface area contributed by atoms with Crippen molar-refractivity contribution in [3.63, 3.8) is 0 Å². The molecule has 0 aromatic heterocycles. The van der Waals surface area contributed by atoms with Gasteiger partial charge in [0.2, 0.25) is 0 Å². The number of hydrogen-bond acceptors (Lipinski definition) is 4. The molecule has 1 rings (SSSR count). The molecular weight excluding hydrogens is 278 g/mol. The molecule has 0 unspecified atom stereocenters. The first-order valence-corrected chi connectivity index (χ1v) is 7.42. The molecule has 0 atom stereocenters. The van der Waals surface area contributed by atoms with Gasteiger partial charge in [-0.3, -0.25) is 0 Å². The van der Waals surface area contributed by atoms with Crippen LogP contribution in [-0.2, 0) is 6.42 Å². The van der Waals surface area contributed by atoms with Crippen LogP contribution in [0.2, 0.25) is 0 Å². The Labute approximate surface area is 126 Å². The van der Waals surface area contributed by atoms with Gasteiger partial charge < -0.3 is 4.74 Å². The summed E-state index contributed by atoms with van der Waals surface area (Å²) in [4.78, 5) is 11.2. The van der Waals surface area contributed by atoms with Crippen LogP contribution in [0.4, 0.5) is 4.79 Å². The minimum Gasteiger partial charge on any atom is -0.409 e. The highest BCUT2D eigenvalue weighted by atomic mass is 32.2. The normalized spacial score (nSPS) is 10.3. The summed E-state index contributed by atoms with van der Waals surface area (Å²) in [6.45, 7) is 2.22. The van der Waals surface area contributed by atoms with Crippen LogP contribution in [0.3, 0.4) is 0 Å². The molecule has 0 fully saturated rings. The lowest BCUT2D eigenvalue weighted by molar-refractivity contribution is 0.197. The second-order valence-electron chi connectivity index (χ2n) is 4.47. The quantitative estimate of drug-likeness (QED) is 0.565. The second kappa shape index (κ2) is 9.15. The van der Waals surface area contributed by atoms with E-state index < -0.39 is 6.09 Å². The zero-order valence-electron chi connectivity index (χ0n) is 11.2. The van der Waals surface area contributed by atoms with Crippen LogP contribution in [0.15, 0.2) is 24.3 Å². The van der Waals surface area contributed by atoms with E-state index in [0.717, 1.165) is 10.1 Å². The SMILES string of the molecule is CCCCCCCc1ccc(OC(=O)N(S)S)cc1. The first-order chi connectivity index (χ1) is 9.13. The molecule has 0 aliphatic rings. The van der Waals surface area contributed by atoms with E-state index in [2.05, 4.69) is 32.6 Å². The predicted octanol–water partition coefficient (Wildman–Crippen LogP) is 4.69. The number of amides is 1. The molecule has 0 radical (unpaired) electrons. The van der Waals surface area contributed by atoms with Crippen LogP contribution in [0.1, 0.15) is 44.6 Å². The van der Waals surface area contributed by atoms with Crippen molar-refractivity contribution in [3.05, 3.63) is 29.8 Å². The molecule has 0 saturated heterocycles. The summed E-state index contributed by atoms with van der Waals surface area (Å²) in [6, 6.07) is 7.57. The van der Waals surface area contributed by atoms with E-state index in [1.807, 2.05) is 12.1 Å². The van der Waals surface area contributed by atoms with Crippen molar-refractivity contribution in [1.82, 2.24) is 3.71 Å². The minimum absolute atomic E-state index is 0.507. The smallest absolute Gasteiger partial charge is 0.409 e. The lowest BCUT2D eigenvalue weighted by Gasteiger charge is -2.08. The highest BCUT2D eigenvalue weighted by Gasteiger charge is 2.08. The van der Waals surface area contributed by atoms with Crippen LogP contribution in [0, 0.1) is 0 Å². The number of benzene rings is 1. The van der Waals surface area contributed by atoms with Crippen molar-refractivity contribution in [2.45, 2.75) is 45.4 Å². The number of hydrogen-bond donors (Lipinski definition) is 2. The number of unbranched alkanes of at least 4 members (excludes halogenated alkanes) is 4. The number of rotatable bonds is 7. The van der Waals surface area contributed by atoms with E-state index in [4.69, 9.17) is 4.74 Å². The molecule has 0 aliphatic heterocycles. The fourth-order valence-corrected chi connectivity index (χ4v) is 1.88. The van der Waals surface area contributed by atoms with E-state index in [9.17, 15) is 4.79 Å². The zero-order valence-corrected chi connectivity index (χ0v) is 13.0. The van der Waals surface area contributed by atoms with E-state index in [-0.39, 0.29) is 0 Å². The molecule has 1 amide bonds. The van der Waals surface area contributed by atoms with Gasteiger partial charge in [0.05, 0.1) is 0 Å². The molecule has 5 heteroatoms. The monoisotopic (exact) mass is 299 g/mol. The molecule has 19 heavy (non-hydrogen) atoms. The number of thiol groups is 2. The van der Waals surface area contributed by atoms with Crippen molar-refractivity contribution in [2.24, 2.45) is 0 Å². The van der Waals surface area contributed by atoms with Crippen LogP contribution >= 0.6 is 25.6 Å². The third kappa shape index (κ3) is 6.78. The van der Waals surface area contributed by atoms with Gasteiger partial charge in [0, 0.05) is 0 Å². The van der Waals surface area contributed by atoms with E-state index in [1.54, 1.807) is 12.1 Å². The number of ether oxygens (including phenoxy) is 1. The van der Waals surface area contributed by atoms with Crippen molar-refractivity contribution in [1.29, 1.82) is 0 Å². The van der Waals surface area contributed by atoms with Crippen LogP contribution in [-0.4, -0.2) is 9.80 Å². The predicted molar refractivity (Wildman–Crippen MR) is 84.7 cm³/mol. The third-order valence-corrected chi connectivity index (χ3v) is 3.19. The molecule has 0 bridgehead atoms. The molecule has 1 aromatic carbocycles. The van der Waals surface area contributed by atoms with E-state index >= 15 is 0 Å². The summed E-state index contributed by atoms with van der Waals surface area (Å²) in [5.41, 5.74) is 1.27. The number of nitrogens with zero attached hydrogens (tertiary/aromatic N) is 1. The molecule has 1 aromatic rings. The Morgan fingerprint density at radius 1 is 1.11 bits per heavy atom. The van der Waals surface area contributed by atoms with Gasteiger partial charge in [-0.05, 0) is 56.2 Å². The van der Waals surface area contributed by atoms with Crippen molar-refractivity contribution < 1.29 is 9.53 Å². The van der Waals surface area contributed by atoms with Gasteiger partial charge in [-0.25, -0.2) is 4.79 Å². The van der Waals surface area contributed by atoms with Crippen LogP contribution < -0.4 is 4.74 Å². The second-order valence-corrected chi connectivity index (χ2v) is 5.58.